The molecule has 7 heteroatoms. The van der Waals surface area contributed by atoms with Crippen molar-refractivity contribution in [1.29, 1.82) is 0 Å². The lowest BCUT2D eigenvalue weighted by molar-refractivity contribution is 0.135. The highest BCUT2D eigenvalue weighted by molar-refractivity contribution is 7.89. The number of likely N-dealkylation sites (N-methyl/N-ethyl adjacent to an activating group) is 1. The first kappa shape index (κ1) is 18.0. The van der Waals surface area contributed by atoms with Gasteiger partial charge in [-0.25, -0.2) is 12.8 Å². The molecule has 21 heavy (non-hydrogen) atoms. The van der Waals surface area contributed by atoms with Crippen LogP contribution in [0.15, 0.2) is 17.0 Å². The summed E-state index contributed by atoms with van der Waals surface area (Å²) in [6.45, 7) is 5.80. The van der Waals surface area contributed by atoms with E-state index in [2.05, 4.69) is 0 Å². The second-order valence-corrected chi connectivity index (χ2v) is 6.46. The summed E-state index contributed by atoms with van der Waals surface area (Å²) in [6.07, 6.45) is 0. The molecule has 1 aromatic rings. The summed E-state index contributed by atoms with van der Waals surface area (Å²) in [5.41, 5.74) is 0.291. The molecule has 0 aliphatic carbocycles. The zero-order valence-electron chi connectivity index (χ0n) is 12.6. The van der Waals surface area contributed by atoms with Gasteiger partial charge in [-0.3, -0.25) is 0 Å². The summed E-state index contributed by atoms with van der Waals surface area (Å²) in [4.78, 5) is -0.107. The quantitative estimate of drug-likeness (QED) is 0.740. The van der Waals surface area contributed by atoms with Gasteiger partial charge < -0.3 is 9.84 Å². The molecule has 0 radical (unpaired) electrons. The molecule has 1 aromatic carbocycles. The van der Waals surface area contributed by atoms with Crippen LogP contribution in [-0.4, -0.2) is 44.1 Å². The maximum Gasteiger partial charge on any atom is 0.243 e. The van der Waals surface area contributed by atoms with Crippen molar-refractivity contribution in [2.45, 2.75) is 32.3 Å². The molecule has 0 saturated carbocycles. The molecule has 0 aliphatic heterocycles. The third-order valence-corrected chi connectivity index (χ3v) is 5.30. The highest BCUT2D eigenvalue weighted by Crippen LogP contribution is 2.24. The van der Waals surface area contributed by atoms with E-state index in [0.717, 1.165) is 6.07 Å². The SMILES string of the molecule is CCOCCN(CC)S(=O)(=O)c1cc(CO)cc(F)c1C. The number of aliphatic hydroxyl groups is 1. The van der Waals surface area contributed by atoms with Gasteiger partial charge in [-0.1, -0.05) is 6.92 Å². The second-order valence-electron chi connectivity index (χ2n) is 4.55. The first-order valence-corrected chi connectivity index (χ1v) is 8.30. The van der Waals surface area contributed by atoms with Gasteiger partial charge >= 0.3 is 0 Å². The zero-order valence-corrected chi connectivity index (χ0v) is 13.4. The second kappa shape index (κ2) is 7.84. The van der Waals surface area contributed by atoms with Crippen molar-refractivity contribution >= 4 is 10.0 Å². The fourth-order valence-electron chi connectivity index (χ4n) is 1.96. The lowest BCUT2D eigenvalue weighted by atomic mass is 10.1. The Balaban J connectivity index is 3.19. The van der Waals surface area contributed by atoms with Crippen LogP contribution in [0.5, 0.6) is 0 Å². The standard InChI is InChI=1S/C14H22FNO4S/c1-4-16(6-7-20-5-2)21(18,19)14-9-12(10-17)8-13(15)11(14)3/h8-9,17H,4-7,10H2,1-3H3. The Labute approximate surface area is 125 Å². The third kappa shape index (κ3) is 4.23. The molecule has 0 amide bonds. The minimum Gasteiger partial charge on any atom is -0.392 e. The van der Waals surface area contributed by atoms with E-state index in [-0.39, 0.29) is 35.7 Å². The fourth-order valence-corrected chi connectivity index (χ4v) is 3.68. The van der Waals surface area contributed by atoms with Gasteiger partial charge in [-0.2, -0.15) is 4.31 Å². The van der Waals surface area contributed by atoms with Crippen LogP contribution in [0.3, 0.4) is 0 Å². The summed E-state index contributed by atoms with van der Waals surface area (Å²) in [7, 11) is -3.82. The van der Waals surface area contributed by atoms with E-state index in [0.29, 0.717) is 6.61 Å². The van der Waals surface area contributed by atoms with Crippen LogP contribution in [0.4, 0.5) is 4.39 Å². The van der Waals surface area contributed by atoms with Crippen molar-refractivity contribution in [2.75, 3.05) is 26.3 Å². The number of ether oxygens (including phenoxy) is 1. The minimum absolute atomic E-state index is 0.0575. The van der Waals surface area contributed by atoms with Crippen LogP contribution in [0.1, 0.15) is 25.0 Å². The Morgan fingerprint density at radius 3 is 2.52 bits per heavy atom. The maximum atomic E-state index is 13.8. The summed E-state index contributed by atoms with van der Waals surface area (Å²) in [5.74, 6) is -0.638. The molecule has 0 aromatic heterocycles. The van der Waals surface area contributed by atoms with Crippen molar-refractivity contribution < 1.29 is 22.7 Å². The smallest absolute Gasteiger partial charge is 0.243 e. The molecule has 0 spiro atoms. The number of aliphatic hydroxyl groups excluding tert-OH is 1. The number of nitrogens with zero attached hydrogens (tertiary/aromatic N) is 1. The van der Waals surface area contributed by atoms with E-state index in [1.165, 1.54) is 17.3 Å². The number of sulfonamides is 1. The predicted molar refractivity (Wildman–Crippen MR) is 78.0 cm³/mol. The normalized spacial score (nSPS) is 12.1. The molecular formula is C14H22FNO4S. The number of hydrogen-bond donors (Lipinski definition) is 1. The number of hydrogen-bond acceptors (Lipinski definition) is 4. The van der Waals surface area contributed by atoms with Crippen LogP contribution < -0.4 is 0 Å². The predicted octanol–water partition coefficient (Wildman–Crippen LogP) is 1.67. The number of halogens is 1. The van der Waals surface area contributed by atoms with Crippen molar-refractivity contribution in [3.8, 4) is 0 Å². The topological polar surface area (TPSA) is 66.8 Å². The van der Waals surface area contributed by atoms with E-state index in [9.17, 15) is 12.8 Å². The largest absolute Gasteiger partial charge is 0.392 e. The lowest BCUT2D eigenvalue weighted by Crippen LogP contribution is -2.34. The van der Waals surface area contributed by atoms with Gasteiger partial charge in [-0.05, 0) is 31.5 Å². The zero-order chi connectivity index (χ0) is 16.0. The molecule has 120 valence electrons. The van der Waals surface area contributed by atoms with Gasteiger partial charge in [0.2, 0.25) is 10.0 Å². The molecule has 1 N–H and O–H groups in total. The highest BCUT2D eigenvalue weighted by Gasteiger charge is 2.26. The van der Waals surface area contributed by atoms with Gasteiger partial charge in [0.1, 0.15) is 5.82 Å². The van der Waals surface area contributed by atoms with Crippen LogP contribution in [-0.2, 0) is 21.4 Å². The van der Waals surface area contributed by atoms with E-state index in [1.54, 1.807) is 6.92 Å². The molecule has 0 fully saturated rings. The first-order chi connectivity index (χ1) is 9.88. The Hall–Kier alpha value is -1.02. The van der Waals surface area contributed by atoms with Gasteiger partial charge in [0, 0.05) is 25.3 Å². The third-order valence-electron chi connectivity index (χ3n) is 3.20. The highest BCUT2D eigenvalue weighted by atomic mass is 32.2. The Morgan fingerprint density at radius 1 is 1.33 bits per heavy atom. The van der Waals surface area contributed by atoms with Crippen LogP contribution in [0.2, 0.25) is 0 Å². The molecule has 5 nitrogen and oxygen atoms in total. The van der Waals surface area contributed by atoms with E-state index in [4.69, 9.17) is 9.84 Å². The Bertz CT molecular complexity index is 575. The summed E-state index contributed by atoms with van der Waals surface area (Å²) in [6, 6.07) is 2.46. The monoisotopic (exact) mass is 319 g/mol. The minimum atomic E-state index is -3.82. The number of benzene rings is 1. The lowest BCUT2D eigenvalue weighted by Gasteiger charge is -2.22. The van der Waals surface area contributed by atoms with E-state index < -0.39 is 22.4 Å². The van der Waals surface area contributed by atoms with E-state index in [1.807, 2.05) is 6.92 Å². The summed E-state index contributed by atoms with van der Waals surface area (Å²) < 4.78 is 45.5. The molecule has 0 saturated heterocycles. The van der Waals surface area contributed by atoms with Gasteiger partial charge in [0.15, 0.2) is 0 Å². The number of rotatable bonds is 8. The van der Waals surface area contributed by atoms with Crippen molar-refractivity contribution in [2.24, 2.45) is 0 Å². The molecule has 0 bridgehead atoms. The van der Waals surface area contributed by atoms with E-state index >= 15 is 0 Å². The molecule has 0 unspecified atom stereocenters. The van der Waals surface area contributed by atoms with Crippen LogP contribution in [0.25, 0.3) is 0 Å². The molecule has 1 rings (SSSR count). The average molecular weight is 319 g/mol. The molecule has 0 atom stereocenters. The summed E-state index contributed by atoms with van der Waals surface area (Å²) in [5, 5.41) is 9.12. The van der Waals surface area contributed by atoms with Gasteiger partial charge in [-0.15, -0.1) is 0 Å². The van der Waals surface area contributed by atoms with Crippen molar-refractivity contribution in [3.63, 3.8) is 0 Å². The molecular weight excluding hydrogens is 297 g/mol. The van der Waals surface area contributed by atoms with Gasteiger partial charge in [0.05, 0.1) is 18.1 Å². The summed E-state index contributed by atoms with van der Waals surface area (Å²) >= 11 is 0. The van der Waals surface area contributed by atoms with Crippen LogP contribution in [0, 0.1) is 12.7 Å². The first-order valence-electron chi connectivity index (χ1n) is 6.86. The van der Waals surface area contributed by atoms with Crippen LogP contribution >= 0.6 is 0 Å². The Morgan fingerprint density at radius 2 is 2.00 bits per heavy atom. The molecule has 0 heterocycles. The average Bonchev–Trinajstić information content (AvgIpc) is 2.45. The molecule has 0 aliphatic rings. The fraction of sp³-hybridized carbons (Fsp3) is 0.571. The van der Waals surface area contributed by atoms with Crippen molar-refractivity contribution in [3.05, 3.63) is 29.1 Å². The maximum absolute atomic E-state index is 13.8. The van der Waals surface area contributed by atoms with Crippen molar-refractivity contribution in [1.82, 2.24) is 4.31 Å². The Kier molecular flexibility index (Phi) is 6.73. The van der Waals surface area contributed by atoms with Gasteiger partial charge in [0.25, 0.3) is 0 Å².